The molecule has 1 spiro atoms. The summed E-state index contributed by atoms with van der Waals surface area (Å²) in [5.74, 6) is 5.96. The highest BCUT2D eigenvalue weighted by Crippen LogP contribution is 2.54. The second kappa shape index (κ2) is 8.23. The number of primary amides is 1. The molecular formula is C25H29N5O3. The third kappa shape index (κ3) is 4.09. The van der Waals surface area contributed by atoms with Gasteiger partial charge in [-0.1, -0.05) is 30.2 Å². The minimum Gasteiger partial charge on any atom is -0.383 e. The fraction of sp³-hybridized carbons (Fsp3) is 0.480. The van der Waals surface area contributed by atoms with Crippen LogP contribution in [0.15, 0.2) is 24.3 Å². The lowest BCUT2D eigenvalue weighted by Crippen LogP contribution is -2.42. The van der Waals surface area contributed by atoms with E-state index < -0.39 is 5.91 Å². The smallest absolute Gasteiger partial charge is 0.298 e. The number of aromatic nitrogens is 2. The van der Waals surface area contributed by atoms with Crippen molar-refractivity contribution >= 4 is 17.6 Å². The highest BCUT2D eigenvalue weighted by atomic mass is 16.5. The van der Waals surface area contributed by atoms with Crippen LogP contribution in [0, 0.1) is 23.2 Å². The number of ether oxygens (including phenoxy) is 1. The first-order valence-corrected chi connectivity index (χ1v) is 11.5. The van der Waals surface area contributed by atoms with Crippen LogP contribution in [0.3, 0.4) is 0 Å². The molecule has 1 aromatic carbocycles. The molecule has 8 heteroatoms. The molecule has 0 bridgehead atoms. The highest BCUT2D eigenvalue weighted by molar-refractivity contribution is 6.03. The van der Waals surface area contributed by atoms with Crippen molar-refractivity contribution in [3.8, 4) is 23.1 Å². The van der Waals surface area contributed by atoms with Gasteiger partial charge in [-0.05, 0) is 49.0 Å². The fourth-order valence-electron chi connectivity index (χ4n) is 5.12. The van der Waals surface area contributed by atoms with Crippen molar-refractivity contribution < 1.29 is 14.3 Å². The first-order chi connectivity index (χ1) is 15.9. The van der Waals surface area contributed by atoms with Crippen molar-refractivity contribution in [2.45, 2.75) is 44.8 Å². The van der Waals surface area contributed by atoms with Gasteiger partial charge in [0.25, 0.3) is 11.8 Å². The molecule has 2 saturated carbocycles. The molecule has 33 heavy (non-hydrogen) atoms. The van der Waals surface area contributed by atoms with Crippen molar-refractivity contribution in [2.75, 3.05) is 25.9 Å². The van der Waals surface area contributed by atoms with E-state index in [0.717, 1.165) is 56.3 Å². The molecule has 3 aliphatic rings. The van der Waals surface area contributed by atoms with Crippen molar-refractivity contribution in [3.63, 3.8) is 0 Å². The number of nitrogens with zero attached hydrogens (tertiary/aromatic N) is 3. The van der Waals surface area contributed by atoms with Gasteiger partial charge in [0.15, 0.2) is 0 Å². The SMILES string of the molecule is COCc1ccc(-c2nn(C3CC4(CCN(C(=O)C#CC5CC5)C4)C3)c(N)c2C(N)=O)cc1. The maximum atomic E-state index is 12.4. The van der Waals surface area contributed by atoms with Crippen molar-refractivity contribution in [2.24, 2.45) is 17.1 Å². The quantitative estimate of drug-likeness (QED) is 0.683. The summed E-state index contributed by atoms with van der Waals surface area (Å²) < 4.78 is 6.91. The molecule has 0 unspecified atom stereocenters. The van der Waals surface area contributed by atoms with E-state index in [9.17, 15) is 9.59 Å². The first kappa shape index (κ1) is 21.5. The first-order valence-electron chi connectivity index (χ1n) is 11.5. The Bertz CT molecular complexity index is 1150. The Hall–Kier alpha value is -3.31. The van der Waals surface area contributed by atoms with Crippen LogP contribution in [-0.2, 0) is 16.1 Å². The molecule has 5 rings (SSSR count). The predicted molar refractivity (Wildman–Crippen MR) is 124 cm³/mol. The monoisotopic (exact) mass is 447 g/mol. The number of amides is 2. The second-order valence-electron chi connectivity index (χ2n) is 9.63. The number of nitrogen functional groups attached to an aromatic ring is 1. The number of hydrogen-bond donors (Lipinski definition) is 2. The maximum absolute atomic E-state index is 12.4. The average molecular weight is 448 g/mol. The maximum Gasteiger partial charge on any atom is 0.298 e. The topological polar surface area (TPSA) is 116 Å². The van der Waals surface area contributed by atoms with Crippen molar-refractivity contribution in [3.05, 3.63) is 35.4 Å². The van der Waals surface area contributed by atoms with Crippen molar-refractivity contribution in [1.29, 1.82) is 0 Å². The molecule has 2 aromatic rings. The van der Waals surface area contributed by atoms with Crippen LogP contribution in [0.4, 0.5) is 5.82 Å². The number of carbonyl (C=O) groups is 2. The molecule has 1 saturated heterocycles. The van der Waals surface area contributed by atoms with Gasteiger partial charge in [-0.15, -0.1) is 0 Å². The van der Waals surface area contributed by atoms with E-state index in [4.69, 9.17) is 21.3 Å². The molecule has 2 heterocycles. The van der Waals surface area contributed by atoms with E-state index in [1.165, 1.54) is 0 Å². The van der Waals surface area contributed by atoms with Gasteiger partial charge < -0.3 is 21.1 Å². The van der Waals surface area contributed by atoms with Crippen LogP contribution < -0.4 is 11.5 Å². The third-order valence-electron chi connectivity index (χ3n) is 7.10. The van der Waals surface area contributed by atoms with Crippen LogP contribution in [0.5, 0.6) is 0 Å². The number of anilines is 1. The zero-order valence-corrected chi connectivity index (χ0v) is 18.8. The Balaban J connectivity index is 1.32. The molecule has 2 amide bonds. The van der Waals surface area contributed by atoms with Gasteiger partial charge in [-0.25, -0.2) is 4.68 Å². The largest absolute Gasteiger partial charge is 0.383 e. The van der Waals surface area contributed by atoms with Gasteiger partial charge in [-0.2, -0.15) is 5.10 Å². The zero-order chi connectivity index (χ0) is 23.2. The average Bonchev–Trinajstić information content (AvgIpc) is 3.38. The van der Waals surface area contributed by atoms with Crippen LogP contribution in [0.2, 0.25) is 0 Å². The summed E-state index contributed by atoms with van der Waals surface area (Å²) in [6.07, 6.45) is 4.91. The van der Waals surface area contributed by atoms with Crippen LogP contribution in [0.25, 0.3) is 11.3 Å². The summed E-state index contributed by atoms with van der Waals surface area (Å²) in [6.45, 7) is 1.97. The molecule has 8 nitrogen and oxygen atoms in total. The van der Waals surface area contributed by atoms with Gasteiger partial charge >= 0.3 is 0 Å². The zero-order valence-electron chi connectivity index (χ0n) is 18.8. The van der Waals surface area contributed by atoms with E-state index >= 15 is 0 Å². The van der Waals surface area contributed by atoms with E-state index in [1.54, 1.807) is 11.8 Å². The lowest BCUT2D eigenvalue weighted by atomic mass is 9.65. The lowest BCUT2D eigenvalue weighted by molar-refractivity contribution is -0.125. The minimum absolute atomic E-state index is 0.0592. The molecule has 4 N–H and O–H groups in total. The van der Waals surface area contributed by atoms with Crippen LogP contribution in [0.1, 0.15) is 54.1 Å². The standard InChI is InChI=1S/C25H29N5O3/c1-33-14-17-4-7-18(8-5-17)22-21(24(27)32)23(26)30(28-22)19-12-25(13-19)10-11-29(15-25)20(31)9-6-16-2-3-16/h4-5,7-8,16,19H,2-3,10-15,26H2,1H3,(H2,27,32). The second-order valence-corrected chi connectivity index (χ2v) is 9.63. The number of hydrogen-bond acceptors (Lipinski definition) is 5. The van der Waals surface area contributed by atoms with Crippen LogP contribution >= 0.6 is 0 Å². The normalized spacial score (nSPS) is 23.8. The van der Waals surface area contributed by atoms with E-state index in [1.807, 2.05) is 29.2 Å². The summed E-state index contributed by atoms with van der Waals surface area (Å²) >= 11 is 0. The molecule has 1 aliphatic heterocycles. The highest BCUT2D eigenvalue weighted by Gasteiger charge is 2.51. The Kier molecular flexibility index (Phi) is 5.37. The molecule has 0 radical (unpaired) electrons. The Labute approximate surface area is 193 Å². The number of benzene rings is 1. The minimum atomic E-state index is -0.587. The summed E-state index contributed by atoms with van der Waals surface area (Å²) in [5, 5.41) is 4.72. The predicted octanol–water partition coefficient (Wildman–Crippen LogP) is 2.34. The van der Waals surface area contributed by atoms with Gasteiger partial charge in [-0.3, -0.25) is 9.59 Å². The summed E-state index contributed by atoms with van der Waals surface area (Å²) in [4.78, 5) is 26.5. The molecule has 0 atom stereocenters. The van der Waals surface area contributed by atoms with Gasteiger partial charge in [0, 0.05) is 31.7 Å². The molecule has 2 aliphatic carbocycles. The third-order valence-corrected chi connectivity index (χ3v) is 7.10. The number of rotatable bonds is 5. The number of likely N-dealkylation sites (tertiary alicyclic amines) is 1. The van der Waals surface area contributed by atoms with Crippen LogP contribution in [-0.4, -0.2) is 46.7 Å². The van der Waals surface area contributed by atoms with Crippen molar-refractivity contribution in [1.82, 2.24) is 14.7 Å². The summed E-state index contributed by atoms with van der Waals surface area (Å²) in [7, 11) is 1.65. The molecule has 1 aromatic heterocycles. The van der Waals surface area contributed by atoms with Gasteiger partial charge in [0.05, 0.1) is 12.6 Å². The van der Waals surface area contributed by atoms with Gasteiger partial charge in [0.2, 0.25) is 0 Å². The molecular weight excluding hydrogens is 418 g/mol. The van der Waals surface area contributed by atoms with Gasteiger partial charge in [0.1, 0.15) is 17.1 Å². The molecule has 3 fully saturated rings. The Morgan fingerprint density at radius 1 is 1.24 bits per heavy atom. The van der Waals surface area contributed by atoms with E-state index in [0.29, 0.717) is 24.0 Å². The fourth-order valence-corrected chi connectivity index (χ4v) is 5.12. The summed E-state index contributed by atoms with van der Waals surface area (Å²) in [5.41, 5.74) is 14.7. The Morgan fingerprint density at radius 2 is 1.97 bits per heavy atom. The number of methoxy groups -OCH3 is 1. The number of nitrogens with two attached hydrogens (primary N) is 2. The lowest BCUT2D eigenvalue weighted by Gasteiger charge is -2.45. The summed E-state index contributed by atoms with van der Waals surface area (Å²) in [6, 6.07) is 7.76. The number of carbonyl (C=O) groups excluding carboxylic acids is 2. The molecule has 172 valence electrons. The van der Waals surface area contributed by atoms with E-state index in [2.05, 4.69) is 11.8 Å². The Morgan fingerprint density at radius 3 is 2.61 bits per heavy atom. The van der Waals surface area contributed by atoms with E-state index in [-0.39, 0.29) is 22.9 Å².